The van der Waals surface area contributed by atoms with Crippen molar-refractivity contribution < 1.29 is 9.53 Å². The molecule has 4 heteroatoms. The summed E-state index contributed by atoms with van der Waals surface area (Å²) in [6.07, 6.45) is 1.67. The Morgan fingerprint density at radius 3 is 3.00 bits per heavy atom. The monoisotopic (exact) mass is 291 g/mol. The third-order valence-corrected chi connectivity index (χ3v) is 2.16. The van der Waals surface area contributed by atoms with Crippen molar-refractivity contribution in [1.29, 1.82) is 0 Å². The van der Waals surface area contributed by atoms with Crippen LogP contribution in [0.15, 0.2) is 12.3 Å². The molecule has 13 heavy (non-hydrogen) atoms. The van der Waals surface area contributed by atoms with Crippen LogP contribution in [0.2, 0.25) is 0 Å². The molecule has 0 unspecified atom stereocenters. The van der Waals surface area contributed by atoms with Gasteiger partial charge in [-0.2, -0.15) is 0 Å². The number of aryl methyl sites for hydroxylation is 1. The molecule has 0 atom stereocenters. The molecule has 0 radical (unpaired) electrons. The Kier molecular flexibility index (Phi) is 3.65. The largest absolute Gasteiger partial charge is 0.462 e. The number of carbonyl (C=O) groups excluding carboxylic acids is 1. The van der Waals surface area contributed by atoms with Gasteiger partial charge in [0.25, 0.3) is 0 Å². The van der Waals surface area contributed by atoms with E-state index < -0.39 is 0 Å². The van der Waals surface area contributed by atoms with Crippen LogP contribution < -0.4 is 0 Å². The number of aromatic nitrogens is 1. The third-order valence-electron chi connectivity index (χ3n) is 1.57. The molecule has 0 spiro atoms. The molecule has 1 rings (SSSR count). The van der Waals surface area contributed by atoms with E-state index >= 15 is 0 Å². The first kappa shape index (κ1) is 10.4. The molecule has 0 aliphatic carbocycles. The second-order valence-corrected chi connectivity index (χ2v) is 3.65. The van der Waals surface area contributed by atoms with E-state index in [0.29, 0.717) is 12.2 Å². The van der Waals surface area contributed by atoms with Gasteiger partial charge in [-0.25, -0.2) is 4.79 Å². The predicted molar refractivity (Wildman–Crippen MR) is 57.6 cm³/mol. The molecule has 0 fully saturated rings. The van der Waals surface area contributed by atoms with Crippen molar-refractivity contribution in [2.75, 3.05) is 6.61 Å². The number of hydrogen-bond donors (Lipinski definition) is 0. The van der Waals surface area contributed by atoms with Crippen molar-refractivity contribution in [3.63, 3.8) is 0 Å². The summed E-state index contributed by atoms with van der Waals surface area (Å²) in [5.74, 6) is -0.277. The van der Waals surface area contributed by atoms with Crippen LogP contribution in [0, 0.1) is 10.6 Å². The van der Waals surface area contributed by atoms with Crippen molar-refractivity contribution in [2.45, 2.75) is 13.8 Å². The Balaban J connectivity index is 2.99. The first-order chi connectivity index (χ1) is 6.15. The highest BCUT2D eigenvalue weighted by Crippen LogP contribution is 2.11. The number of halogens is 1. The first-order valence-corrected chi connectivity index (χ1v) is 5.02. The van der Waals surface area contributed by atoms with E-state index in [-0.39, 0.29) is 5.97 Å². The predicted octanol–water partition coefficient (Wildman–Crippen LogP) is 2.17. The topological polar surface area (TPSA) is 39.2 Å². The van der Waals surface area contributed by atoms with Gasteiger partial charge in [-0.3, -0.25) is 4.98 Å². The van der Waals surface area contributed by atoms with Gasteiger partial charge < -0.3 is 4.74 Å². The summed E-state index contributed by atoms with van der Waals surface area (Å²) < 4.78 is 5.69. The highest BCUT2D eigenvalue weighted by atomic mass is 127. The minimum atomic E-state index is -0.277. The molecule has 0 aliphatic heterocycles. The van der Waals surface area contributed by atoms with E-state index in [2.05, 4.69) is 27.6 Å². The van der Waals surface area contributed by atoms with Crippen LogP contribution in [0.25, 0.3) is 0 Å². The number of nitrogens with zero attached hydrogens (tertiary/aromatic N) is 1. The van der Waals surface area contributed by atoms with Gasteiger partial charge in [-0.15, -0.1) is 0 Å². The zero-order chi connectivity index (χ0) is 9.84. The number of esters is 1. The average Bonchev–Trinajstić information content (AvgIpc) is 2.09. The van der Waals surface area contributed by atoms with Crippen LogP contribution in [0.1, 0.15) is 22.8 Å². The summed E-state index contributed by atoms with van der Waals surface area (Å²) in [5.41, 5.74) is 1.44. The van der Waals surface area contributed by atoms with Crippen LogP contribution in [0.3, 0.4) is 0 Å². The van der Waals surface area contributed by atoms with Crippen LogP contribution in [-0.4, -0.2) is 17.6 Å². The molecule has 0 aliphatic rings. The van der Waals surface area contributed by atoms with Crippen molar-refractivity contribution in [3.05, 3.63) is 27.1 Å². The number of carbonyl (C=O) groups is 1. The molecule has 0 amide bonds. The smallest absolute Gasteiger partial charge is 0.338 e. The van der Waals surface area contributed by atoms with Crippen molar-refractivity contribution in [3.8, 4) is 0 Å². The fourth-order valence-corrected chi connectivity index (χ4v) is 1.38. The molecule has 1 aromatic heterocycles. The molecule has 1 heterocycles. The summed E-state index contributed by atoms with van der Waals surface area (Å²) in [5, 5.41) is 0. The zero-order valence-corrected chi connectivity index (χ0v) is 9.66. The quantitative estimate of drug-likeness (QED) is 0.476. The van der Waals surface area contributed by atoms with Gasteiger partial charge in [0.1, 0.15) is 3.70 Å². The van der Waals surface area contributed by atoms with Crippen LogP contribution in [-0.2, 0) is 4.74 Å². The Bertz CT molecular complexity index is 325. The average molecular weight is 291 g/mol. The Morgan fingerprint density at radius 1 is 1.69 bits per heavy atom. The number of ether oxygens (including phenoxy) is 1. The molecule has 3 nitrogen and oxygen atoms in total. The highest BCUT2D eigenvalue weighted by Gasteiger charge is 2.10. The number of rotatable bonds is 2. The summed E-state index contributed by atoms with van der Waals surface area (Å²) in [7, 11) is 0. The lowest BCUT2D eigenvalue weighted by atomic mass is 10.2. The minimum absolute atomic E-state index is 0.277. The van der Waals surface area contributed by atoms with Gasteiger partial charge in [-0.1, -0.05) is 0 Å². The lowest BCUT2D eigenvalue weighted by Crippen LogP contribution is -2.07. The van der Waals surface area contributed by atoms with Gasteiger partial charge in [0.05, 0.1) is 12.2 Å². The fraction of sp³-hybridized carbons (Fsp3) is 0.333. The van der Waals surface area contributed by atoms with E-state index in [1.807, 2.05) is 6.92 Å². The van der Waals surface area contributed by atoms with E-state index in [4.69, 9.17) is 4.74 Å². The van der Waals surface area contributed by atoms with Crippen molar-refractivity contribution in [2.24, 2.45) is 0 Å². The van der Waals surface area contributed by atoms with Gasteiger partial charge in [0, 0.05) is 6.20 Å². The molecule has 0 saturated heterocycles. The summed E-state index contributed by atoms with van der Waals surface area (Å²) in [4.78, 5) is 15.4. The minimum Gasteiger partial charge on any atom is -0.462 e. The van der Waals surface area contributed by atoms with Crippen molar-refractivity contribution in [1.82, 2.24) is 4.98 Å². The lowest BCUT2D eigenvalue weighted by Gasteiger charge is -2.04. The highest BCUT2D eigenvalue weighted by molar-refractivity contribution is 14.1. The van der Waals surface area contributed by atoms with Gasteiger partial charge in [0.15, 0.2) is 0 Å². The van der Waals surface area contributed by atoms with Crippen LogP contribution in [0.5, 0.6) is 0 Å². The van der Waals surface area contributed by atoms with Crippen LogP contribution in [0.4, 0.5) is 0 Å². The molecule has 1 aromatic rings. The molecule has 0 aromatic carbocycles. The second kappa shape index (κ2) is 4.55. The van der Waals surface area contributed by atoms with E-state index in [9.17, 15) is 4.79 Å². The summed E-state index contributed by atoms with van der Waals surface area (Å²) in [6, 6.07) is 1.73. The first-order valence-electron chi connectivity index (χ1n) is 3.94. The molecule has 70 valence electrons. The molecular formula is C9H10INO2. The Morgan fingerprint density at radius 2 is 2.38 bits per heavy atom. The van der Waals surface area contributed by atoms with E-state index in [1.54, 1.807) is 19.2 Å². The normalized spacial score (nSPS) is 9.77. The maximum atomic E-state index is 11.4. The summed E-state index contributed by atoms with van der Waals surface area (Å²) >= 11 is 2.06. The van der Waals surface area contributed by atoms with Gasteiger partial charge in [0.2, 0.25) is 0 Å². The molecular weight excluding hydrogens is 281 g/mol. The second-order valence-electron chi connectivity index (χ2n) is 2.54. The van der Waals surface area contributed by atoms with Crippen LogP contribution >= 0.6 is 22.6 Å². The number of hydrogen-bond acceptors (Lipinski definition) is 3. The standard InChI is InChI=1S/C9H10INO2/c1-3-13-9(12)7-4-8(10)11-5-6(7)2/h4-5H,3H2,1-2H3. The number of pyridine rings is 1. The Labute approximate surface area is 90.6 Å². The molecule has 0 N–H and O–H groups in total. The van der Waals surface area contributed by atoms with Gasteiger partial charge >= 0.3 is 5.97 Å². The maximum absolute atomic E-state index is 11.4. The summed E-state index contributed by atoms with van der Waals surface area (Å²) in [6.45, 7) is 4.03. The van der Waals surface area contributed by atoms with E-state index in [1.165, 1.54) is 0 Å². The Hall–Kier alpha value is -0.650. The molecule has 0 saturated carbocycles. The fourth-order valence-electron chi connectivity index (χ4n) is 0.927. The lowest BCUT2D eigenvalue weighted by molar-refractivity contribution is 0.0525. The van der Waals surface area contributed by atoms with Gasteiger partial charge in [-0.05, 0) is 48.1 Å². The SMILES string of the molecule is CCOC(=O)c1cc(I)ncc1C. The van der Waals surface area contributed by atoms with Crippen molar-refractivity contribution >= 4 is 28.6 Å². The maximum Gasteiger partial charge on any atom is 0.338 e. The zero-order valence-electron chi connectivity index (χ0n) is 7.50. The third kappa shape index (κ3) is 2.65. The van der Waals surface area contributed by atoms with E-state index in [0.717, 1.165) is 9.26 Å². The molecule has 0 bridgehead atoms.